The van der Waals surface area contributed by atoms with E-state index in [0.29, 0.717) is 29.5 Å². The average molecular weight is 491 g/mol. The molecular formula is C27H30N4O3S. The molecule has 2 aromatic carbocycles. The Morgan fingerprint density at radius 1 is 1.11 bits per heavy atom. The van der Waals surface area contributed by atoms with Crippen LogP contribution in [0.25, 0.3) is 0 Å². The van der Waals surface area contributed by atoms with Gasteiger partial charge in [-0.2, -0.15) is 5.10 Å². The molecule has 4 atom stereocenters. The predicted octanol–water partition coefficient (Wildman–Crippen LogP) is 4.15. The van der Waals surface area contributed by atoms with Gasteiger partial charge in [0.1, 0.15) is 5.69 Å². The molecule has 3 aromatic rings. The quantitative estimate of drug-likeness (QED) is 0.505. The smallest absolute Gasteiger partial charge is 0.283 e. The van der Waals surface area contributed by atoms with E-state index in [1.165, 1.54) is 31.4 Å². The number of sulfonamides is 1. The maximum absolute atomic E-state index is 13.4. The summed E-state index contributed by atoms with van der Waals surface area (Å²) in [6, 6.07) is 13.8. The molecule has 3 fully saturated rings. The van der Waals surface area contributed by atoms with E-state index in [4.69, 9.17) is 10.8 Å². The van der Waals surface area contributed by atoms with E-state index in [1.807, 2.05) is 38.1 Å². The lowest BCUT2D eigenvalue weighted by molar-refractivity contribution is 0.0971. The number of nitrogens with one attached hydrogen (secondary N) is 1. The Bertz CT molecular complexity index is 1440. The highest BCUT2D eigenvalue weighted by atomic mass is 32.2. The fourth-order valence-electron chi connectivity index (χ4n) is 6.70. The van der Waals surface area contributed by atoms with Crippen molar-refractivity contribution in [3.8, 4) is 0 Å². The van der Waals surface area contributed by atoms with Gasteiger partial charge in [-0.3, -0.25) is 9.48 Å². The van der Waals surface area contributed by atoms with E-state index in [9.17, 15) is 13.2 Å². The Morgan fingerprint density at radius 3 is 2.54 bits per heavy atom. The lowest BCUT2D eigenvalue weighted by Gasteiger charge is -2.43. The maximum Gasteiger partial charge on any atom is 0.283 e. The second kappa shape index (κ2) is 7.68. The summed E-state index contributed by atoms with van der Waals surface area (Å²) in [4.78, 5) is 13.3. The molecule has 1 amide bonds. The Morgan fingerprint density at radius 2 is 1.86 bits per heavy atom. The summed E-state index contributed by atoms with van der Waals surface area (Å²) >= 11 is 0. The van der Waals surface area contributed by atoms with Crippen molar-refractivity contribution in [3.63, 3.8) is 0 Å². The molecule has 0 saturated heterocycles. The van der Waals surface area contributed by atoms with E-state index in [-0.39, 0.29) is 10.6 Å². The van der Waals surface area contributed by atoms with Crippen molar-refractivity contribution < 1.29 is 13.2 Å². The second-order valence-electron chi connectivity index (χ2n) is 10.6. The first-order chi connectivity index (χ1) is 16.7. The van der Waals surface area contributed by atoms with Crippen LogP contribution in [0.4, 0.5) is 5.69 Å². The minimum atomic E-state index is -4.08. The zero-order valence-corrected chi connectivity index (χ0v) is 20.8. The number of carbonyl (C=O) groups excluding carboxylic acids is 1. The lowest BCUT2D eigenvalue weighted by Crippen LogP contribution is -2.35. The van der Waals surface area contributed by atoms with Crippen LogP contribution in [0.2, 0.25) is 0 Å². The van der Waals surface area contributed by atoms with Crippen LogP contribution in [0.5, 0.6) is 0 Å². The Hall–Kier alpha value is -3.13. The zero-order valence-electron chi connectivity index (χ0n) is 20.0. The first kappa shape index (κ1) is 22.3. The van der Waals surface area contributed by atoms with Crippen LogP contribution in [0.15, 0.2) is 53.4 Å². The van der Waals surface area contributed by atoms with E-state index in [0.717, 1.165) is 34.7 Å². The molecule has 8 heteroatoms. The average Bonchev–Trinajstić information content (AvgIpc) is 3.28. The fraction of sp³-hybridized carbons (Fsp3) is 0.407. The van der Waals surface area contributed by atoms with Gasteiger partial charge in [0, 0.05) is 11.6 Å². The van der Waals surface area contributed by atoms with Crippen LogP contribution in [0.3, 0.4) is 0 Å². The van der Waals surface area contributed by atoms with Crippen molar-refractivity contribution in [1.29, 1.82) is 0 Å². The van der Waals surface area contributed by atoms with Gasteiger partial charge in [0.25, 0.3) is 15.9 Å². The lowest BCUT2D eigenvalue weighted by atomic mass is 9.61. The van der Waals surface area contributed by atoms with Crippen LogP contribution < -0.4 is 10.5 Å². The maximum atomic E-state index is 13.4. The van der Waals surface area contributed by atoms with E-state index < -0.39 is 15.9 Å². The van der Waals surface area contributed by atoms with Gasteiger partial charge in [-0.15, -0.1) is 0 Å². The van der Waals surface area contributed by atoms with Crippen LogP contribution in [0.1, 0.15) is 64.5 Å². The summed E-state index contributed by atoms with van der Waals surface area (Å²) in [5.74, 6) is 1.19. The summed E-state index contributed by atoms with van der Waals surface area (Å²) in [6.07, 6.45) is 5.00. The highest BCUT2D eigenvalue weighted by molar-refractivity contribution is 7.90. The van der Waals surface area contributed by atoms with Crippen molar-refractivity contribution in [2.45, 2.75) is 56.9 Å². The number of anilines is 1. The van der Waals surface area contributed by atoms with Gasteiger partial charge in [0.2, 0.25) is 0 Å². The largest absolute Gasteiger partial charge is 0.399 e. The molecule has 0 radical (unpaired) electrons. The van der Waals surface area contributed by atoms with Gasteiger partial charge in [-0.1, -0.05) is 24.3 Å². The number of benzene rings is 2. The molecule has 7 nitrogen and oxygen atoms in total. The van der Waals surface area contributed by atoms with Crippen molar-refractivity contribution in [2.75, 3.05) is 5.73 Å². The first-order valence-electron chi connectivity index (χ1n) is 12.2. The van der Waals surface area contributed by atoms with Crippen LogP contribution in [-0.2, 0) is 16.6 Å². The number of nitrogens with zero attached hydrogens (tertiary/aromatic N) is 2. The highest BCUT2D eigenvalue weighted by Crippen LogP contribution is 2.79. The topological polar surface area (TPSA) is 107 Å². The number of aryl methyl sites for hydroxylation is 2. The third-order valence-electron chi connectivity index (χ3n) is 8.69. The molecule has 1 heterocycles. The molecule has 35 heavy (non-hydrogen) atoms. The van der Waals surface area contributed by atoms with Crippen molar-refractivity contribution in [3.05, 3.63) is 76.6 Å². The molecule has 182 valence electrons. The van der Waals surface area contributed by atoms with Crippen molar-refractivity contribution in [2.24, 2.45) is 17.3 Å². The van der Waals surface area contributed by atoms with Crippen LogP contribution in [-0.4, -0.2) is 24.1 Å². The van der Waals surface area contributed by atoms with Gasteiger partial charge in [0.15, 0.2) is 0 Å². The molecule has 1 aromatic heterocycles. The Balaban J connectivity index is 1.34. The molecule has 0 aliphatic heterocycles. The Kier molecular flexibility index (Phi) is 4.90. The number of nitrogens with two attached hydrogens (primary N) is 1. The highest BCUT2D eigenvalue weighted by Gasteiger charge is 2.71. The SMILES string of the molecule is Cc1cccc(C)c1Cn1nc(C2CC34CC3CCC24)cc1C(=O)NS(=O)(=O)c1cccc(N)c1. The third kappa shape index (κ3) is 3.57. The molecule has 3 aliphatic carbocycles. The van der Waals surface area contributed by atoms with Crippen LogP contribution in [0, 0.1) is 31.1 Å². The number of nitrogen functional groups attached to an aromatic ring is 1. The van der Waals surface area contributed by atoms with Gasteiger partial charge in [0.05, 0.1) is 17.1 Å². The molecule has 4 unspecified atom stereocenters. The molecule has 3 saturated carbocycles. The fourth-order valence-corrected chi connectivity index (χ4v) is 7.72. The summed E-state index contributed by atoms with van der Waals surface area (Å²) in [7, 11) is -4.08. The standard InChI is InChI=1S/C27H30N4O3S/c1-16-5-3-6-17(2)22(16)15-31-25(26(32)30-35(33,34)20-8-4-7-19(28)11-20)12-24(29-31)21-14-27-13-18(27)9-10-23(21)27/h3-8,11-12,18,21,23H,9-10,13-15,28H2,1-2H3,(H,30,32). The molecule has 1 spiro atoms. The number of hydrogen-bond donors (Lipinski definition) is 2. The number of hydrogen-bond acceptors (Lipinski definition) is 5. The molecule has 3 aliphatic rings. The monoisotopic (exact) mass is 490 g/mol. The predicted molar refractivity (Wildman–Crippen MR) is 133 cm³/mol. The van der Waals surface area contributed by atoms with Gasteiger partial charge < -0.3 is 5.73 Å². The molecule has 6 rings (SSSR count). The minimum absolute atomic E-state index is 0.0430. The van der Waals surface area contributed by atoms with Crippen molar-refractivity contribution >= 4 is 21.6 Å². The van der Waals surface area contributed by atoms with Gasteiger partial charge >= 0.3 is 0 Å². The van der Waals surface area contributed by atoms with Gasteiger partial charge in [-0.05, 0) is 97.7 Å². The summed E-state index contributed by atoms with van der Waals surface area (Å²) in [5.41, 5.74) is 11.1. The van der Waals surface area contributed by atoms with E-state index in [2.05, 4.69) is 4.72 Å². The molecule has 0 bridgehead atoms. The second-order valence-corrected chi connectivity index (χ2v) is 12.3. The van der Waals surface area contributed by atoms with Gasteiger partial charge in [-0.25, -0.2) is 13.1 Å². The Labute approximate surface area is 205 Å². The number of amides is 1. The van der Waals surface area contributed by atoms with Crippen LogP contribution >= 0.6 is 0 Å². The first-order valence-corrected chi connectivity index (χ1v) is 13.7. The number of carbonyl (C=O) groups is 1. The number of aromatic nitrogens is 2. The molecule has 3 N–H and O–H groups in total. The number of rotatable bonds is 6. The zero-order chi connectivity index (χ0) is 24.5. The molecular weight excluding hydrogens is 460 g/mol. The summed E-state index contributed by atoms with van der Waals surface area (Å²) < 4.78 is 29.8. The summed E-state index contributed by atoms with van der Waals surface area (Å²) in [6.45, 7) is 4.49. The normalized spacial score (nSPS) is 26.5. The third-order valence-corrected chi connectivity index (χ3v) is 10.0. The van der Waals surface area contributed by atoms with E-state index in [1.54, 1.807) is 16.8 Å². The van der Waals surface area contributed by atoms with Crippen molar-refractivity contribution in [1.82, 2.24) is 14.5 Å². The summed E-state index contributed by atoms with van der Waals surface area (Å²) in [5, 5.41) is 4.90. The van der Waals surface area contributed by atoms with E-state index >= 15 is 0 Å². The minimum Gasteiger partial charge on any atom is -0.399 e.